The Bertz CT molecular complexity index is 395. The highest BCUT2D eigenvalue weighted by atomic mass is 19.1. The molecule has 1 aliphatic carbocycles. The maximum absolute atomic E-state index is 13.0. The zero-order chi connectivity index (χ0) is 12.7. The summed E-state index contributed by atoms with van der Waals surface area (Å²) in [7, 11) is 0. The maximum atomic E-state index is 13.0. The van der Waals surface area contributed by atoms with Gasteiger partial charge in [0.15, 0.2) is 0 Å². The molecular weight excluding hydrogens is 213 g/mol. The zero-order valence-corrected chi connectivity index (χ0v) is 11.2. The quantitative estimate of drug-likeness (QED) is 0.841. The number of hydrogen-bond donors (Lipinski definition) is 1. The molecule has 0 heterocycles. The van der Waals surface area contributed by atoms with E-state index in [0.717, 1.165) is 18.7 Å². The van der Waals surface area contributed by atoms with Crippen molar-refractivity contribution in [3.8, 4) is 0 Å². The Hall–Kier alpha value is -0.890. The third-order valence-electron chi connectivity index (χ3n) is 4.89. The molecule has 0 spiro atoms. The first-order valence-corrected chi connectivity index (χ1v) is 6.31. The summed E-state index contributed by atoms with van der Waals surface area (Å²) in [5.41, 5.74) is 1.85. The lowest BCUT2D eigenvalue weighted by molar-refractivity contribution is 0.457. The predicted molar refractivity (Wildman–Crippen MR) is 69.2 cm³/mol. The molecule has 94 valence electrons. The molecule has 2 heteroatoms. The lowest BCUT2D eigenvalue weighted by atomic mass is 10.0. The molecule has 1 nitrogen and oxygen atoms in total. The van der Waals surface area contributed by atoms with Crippen LogP contribution in [0.15, 0.2) is 24.3 Å². The van der Waals surface area contributed by atoms with E-state index in [0.29, 0.717) is 16.7 Å². The van der Waals surface area contributed by atoms with Crippen molar-refractivity contribution < 1.29 is 4.39 Å². The summed E-state index contributed by atoms with van der Waals surface area (Å²) in [5, 5.41) is 3.44. The van der Waals surface area contributed by atoms with Gasteiger partial charge in [-0.15, -0.1) is 0 Å². The highest BCUT2D eigenvalue weighted by Crippen LogP contribution is 2.67. The van der Waals surface area contributed by atoms with E-state index in [-0.39, 0.29) is 5.82 Å². The van der Waals surface area contributed by atoms with Crippen molar-refractivity contribution in [1.29, 1.82) is 0 Å². The van der Waals surface area contributed by atoms with E-state index < -0.39 is 0 Å². The Morgan fingerprint density at radius 1 is 1.18 bits per heavy atom. The van der Waals surface area contributed by atoms with Crippen LogP contribution in [0.25, 0.3) is 0 Å². The second-order valence-electron chi connectivity index (χ2n) is 6.26. The van der Waals surface area contributed by atoms with Crippen LogP contribution in [-0.4, -0.2) is 6.54 Å². The molecule has 0 aliphatic heterocycles. The Balaban J connectivity index is 1.82. The van der Waals surface area contributed by atoms with Crippen LogP contribution >= 0.6 is 0 Å². The molecule has 0 radical (unpaired) electrons. The van der Waals surface area contributed by atoms with Gasteiger partial charge < -0.3 is 5.32 Å². The average molecular weight is 235 g/mol. The fourth-order valence-corrected chi connectivity index (χ4v) is 2.85. The molecule has 0 atom stereocenters. The maximum Gasteiger partial charge on any atom is 0.123 e. The van der Waals surface area contributed by atoms with Crippen molar-refractivity contribution in [1.82, 2.24) is 5.32 Å². The van der Waals surface area contributed by atoms with Crippen molar-refractivity contribution in [2.24, 2.45) is 16.7 Å². The summed E-state index contributed by atoms with van der Waals surface area (Å²) >= 11 is 0. The van der Waals surface area contributed by atoms with E-state index in [1.807, 2.05) is 6.07 Å². The molecule has 1 saturated carbocycles. The van der Waals surface area contributed by atoms with Gasteiger partial charge in [-0.3, -0.25) is 0 Å². The van der Waals surface area contributed by atoms with Crippen molar-refractivity contribution in [3.63, 3.8) is 0 Å². The minimum atomic E-state index is -0.156. The van der Waals surface area contributed by atoms with Gasteiger partial charge in [-0.25, -0.2) is 4.39 Å². The molecule has 0 saturated heterocycles. The third kappa shape index (κ3) is 2.23. The van der Waals surface area contributed by atoms with Gasteiger partial charge in [-0.05, 0) is 41.0 Å². The van der Waals surface area contributed by atoms with Crippen LogP contribution in [0.4, 0.5) is 4.39 Å². The van der Waals surface area contributed by atoms with Crippen LogP contribution in [0.1, 0.15) is 33.3 Å². The van der Waals surface area contributed by atoms with Gasteiger partial charge in [-0.1, -0.05) is 39.8 Å². The second kappa shape index (κ2) is 4.09. The topological polar surface area (TPSA) is 12.0 Å². The van der Waals surface area contributed by atoms with E-state index >= 15 is 0 Å². The molecule has 1 aliphatic rings. The van der Waals surface area contributed by atoms with Crippen LogP contribution in [-0.2, 0) is 6.54 Å². The smallest absolute Gasteiger partial charge is 0.123 e. The molecule has 1 N–H and O–H groups in total. The molecule has 0 unspecified atom stereocenters. The lowest BCUT2D eigenvalue weighted by Gasteiger charge is -2.06. The molecule has 1 aromatic carbocycles. The minimum Gasteiger partial charge on any atom is -0.312 e. The number of halogens is 1. The van der Waals surface area contributed by atoms with Gasteiger partial charge in [-0.2, -0.15) is 0 Å². The molecule has 2 rings (SSSR count). The van der Waals surface area contributed by atoms with Gasteiger partial charge in [0, 0.05) is 6.54 Å². The van der Waals surface area contributed by atoms with Crippen LogP contribution < -0.4 is 5.32 Å². The molecule has 0 aromatic heterocycles. The van der Waals surface area contributed by atoms with Crippen LogP contribution in [0.5, 0.6) is 0 Å². The summed E-state index contributed by atoms with van der Waals surface area (Å²) in [6.45, 7) is 11.0. The second-order valence-corrected chi connectivity index (χ2v) is 6.26. The zero-order valence-electron chi connectivity index (χ0n) is 11.2. The van der Waals surface area contributed by atoms with Crippen LogP contribution in [0.3, 0.4) is 0 Å². The molecule has 1 aromatic rings. The van der Waals surface area contributed by atoms with Crippen molar-refractivity contribution in [2.45, 2.75) is 34.2 Å². The SMILES string of the molecule is CC1(C)C(CNCc2cccc(F)c2)C1(C)C. The van der Waals surface area contributed by atoms with E-state index in [2.05, 4.69) is 33.0 Å². The van der Waals surface area contributed by atoms with Crippen molar-refractivity contribution in [3.05, 3.63) is 35.6 Å². The Morgan fingerprint density at radius 2 is 1.82 bits per heavy atom. The third-order valence-corrected chi connectivity index (χ3v) is 4.89. The van der Waals surface area contributed by atoms with E-state index in [9.17, 15) is 4.39 Å². The molecule has 0 amide bonds. The van der Waals surface area contributed by atoms with Crippen molar-refractivity contribution in [2.75, 3.05) is 6.54 Å². The van der Waals surface area contributed by atoms with Gasteiger partial charge in [0.1, 0.15) is 5.82 Å². The van der Waals surface area contributed by atoms with Crippen molar-refractivity contribution >= 4 is 0 Å². The molecular formula is C15H22FN. The van der Waals surface area contributed by atoms with Crippen LogP contribution in [0.2, 0.25) is 0 Å². The number of benzene rings is 1. The molecule has 1 fully saturated rings. The summed E-state index contributed by atoms with van der Waals surface area (Å²) in [6, 6.07) is 6.80. The monoisotopic (exact) mass is 235 g/mol. The summed E-state index contributed by atoms with van der Waals surface area (Å²) in [4.78, 5) is 0. The number of hydrogen-bond acceptors (Lipinski definition) is 1. The van der Waals surface area contributed by atoms with Gasteiger partial charge in [0.25, 0.3) is 0 Å². The minimum absolute atomic E-state index is 0.156. The fraction of sp³-hybridized carbons (Fsp3) is 0.600. The molecule has 0 bridgehead atoms. The largest absolute Gasteiger partial charge is 0.312 e. The first-order valence-electron chi connectivity index (χ1n) is 6.31. The summed E-state index contributed by atoms with van der Waals surface area (Å²) in [6.07, 6.45) is 0. The number of nitrogens with one attached hydrogen (secondary N) is 1. The molecule has 17 heavy (non-hydrogen) atoms. The van der Waals surface area contributed by atoms with E-state index in [1.54, 1.807) is 12.1 Å². The summed E-state index contributed by atoms with van der Waals surface area (Å²) < 4.78 is 13.0. The highest BCUT2D eigenvalue weighted by molar-refractivity contribution is 5.17. The first kappa shape index (κ1) is 12.6. The first-order chi connectivity index (χ1) is 7.85. The van der Waals surface area contributed by atoms with E-state index in [1.165, 1.54) is 6.07 Å². The average Bonchev–Trinajstić information content (AvgIpc) is 2.60. The van der Waals surface area contributed by atoms with Gasteiger partial charge >= 0.3 is 0 Å². The van der Waals surface area contributed by atoms with Gasteiger partial charge in [0.05, 0.1) is 0 Å². The van der Waals surface area contributed by atoms with Crippen LogP contribution in [0, 0.1) is 22.6 Å². The highest BCUT2D eigenvalue weighted by Gasteiger charge is 2.63. The Kier molecular flexibility index (Phi) is 3.03. The lowest BCUT2D eigenvalue weighted by Crippen LogP contribution is -2.18. The summed E-state index contributed by atoms with van der Waals surface area (Å²) in [5.74, 6) is 0.556. The van der Waals surface area contributed by atoms with E-state index in [4.69, 9.17) is 0 Å². The fourth-order valence-electron chi connectivity index (χ4n) is 2.85. The predicted octanol–water partition coefficient (Wildman–Crippen LogP) is 3.60. The van der Waals surface area contributed by atoms with Gasteiger partial charge in [0.2, 0.25) is 0 Å². The normalized spacial score (nSPS) is 21.5. The Morgan fingerprint density at radius 3 is 2.35 bits per heavy atom. The number of rotatable bonds is 4. The Labute approximate surface area is 103 Å². The standard InChI is InChI=1S/C15H22FN/c1-14(2)13(15(14,3)4)10-17-9-11-6-5-7-12(16)8-11/h5-8,13,17H,9-10H2,1-4H3.